The van der Waals surface area contributed by atoms with Crippen molar-refractivity contribution in [2.24, 2.45) is 0 Å². The minimum atomic E-state index is 0.0197. The van der Waals surface area contributed by atoms with Crippen molar-refractivity contribution in [2.45, 2.75) is 6.61 Å². The molecule has 0 radical (unpaired) electrons. The van der Waals surface area contributed by atoms with E-state index in [1.165, 1.54) is 0 Å². The molecule has 5 nitrogen and oxygen atoms in total. The van der Waals surface area contributed by atoms with E-state index in [2.05, 4.69) is 4.98 Å². The third-order valence-corrected chi connectivity index (χ3v) is 4.37. The van der Waals surface area contributed by atoms with Crippen LogP contribution in [0.2, 0.25) is 0 Å². The highest BCUT2D eigenvalue weighted by atomic mass is 16.5. The number of nitrogens with one attached hydrogen (secondary N) is 1. The predicted molar refractivity (Wildman–Crippen MR) is 95.8 cm³/mol. The smallest absolute Gasteiger partial charge is 0.270 e. The minimum Gasteiger partial charge on any atom is -0.489 e. The van der Waals surface area contributed by atoms with E-state index < -0.39 is 0 Å². The fourth-order valence-electron chi connectivity index (χ4n) is 2.99. The van der Waals surface area contributed by atoms with E-state index >= 15 is 0 Å². The zero-order chi connectivity index (χ0) is 17.1. The van der Waals surface area contributed by atoms with Gasteiger partial charge in [-0.05, 0) is 23.8 Å². The van der Waals surface area contributed by atoms with Gasteiger partial charge in [-0.3, -0.25) is 4.79 Å². The van der Waals surface area contributed by atoms with E-state index in [0.29, 0.717) is 38.6 Å². The molecule has 1 aliphatic rings. The monoisotopic (exact) mass is 336 g/mol. The Morgan fingerprint density at radius 1 is 1.08 bits per heavy atom. The molecule has 1 N–H and O–H groups in total. The fourth-order valence-corrected chi connectivity index (χ4v) is 2.99. The van der Waals surface area contributed by atoms with Crippen molar-refractivity contribution in [2.75, 3.05) is 26.3 Å². The van der Waals surface area contributed by atoms with E-state index in [1.54, 1.807) is 0 Å². The van der Waals surface area contributed by atoms with Gasteiger partial charge in [0, 0.05) is 30.1 Å². The molecule has 0 bridgehead atoms. The minimum absolute atomic E-state index is 0.0197. The van der Waals surface area contributed by atoms with Crippen LogP contribution in [0.5, 0.6) is 5.75 Å². The maximum absolute atomic E-state index is 12.6. The summed E-state index contributed by atoms with van der Waals surface area (Å²) in [6.45, 7) is 3.00. The van der Waals surface area contributed by atoms with Crippen molar-refractivity contribution in [1.29, 1.82) is 0 Å². The van der Waals surface area contributed by atoms with Gasteiger partial charge in [0.05, 0.1) is 13.2 Å². The second-order valence-corrected chi connectivity index (χ2v) is 6.11. The molecule has 1 amide bonds. The Morgan fingerprint density at radius 2 is 1.88 bits per heavy atom. The summed E-state index contributed by atoms with van der Waals surface area (Å²) in [5, 5.41) is 1.00. The molecule has 3 aromatic rings. The van der Waals surface area contributed by atoms with Gasteiger partial charge in [0.25, 0.3) is 5.91 Å². The van der Waals surface area contributed by atoms with Crippen molar-refractivity contribution in [3.8, 4) is 5.75 Å². The van der Waals surface area contributed by atoms with E-state index in [4.69, 9.17) is 9.47 Å². The summed E-state index contributed by atoms with van der Waals surface area (Å²) in [5.41, 5.74) is 2.64. The van der Waals surface area contributed by atoms with Crippen molar-refractivity contribution in [3.05, 3.63) is 65.9 Å². The Bertz CT molecular complexity index is 867. The van der Waals surface area contributed by atoms with Gasteiger partial charge in [-0.15, -0.1) is 0 Å². The molecule has 2 heterocycles. The third kappa shape index (κ3) is 3.51. The Morgan fingerprint density at radius 3 is 2.68 bits per heavy atom. The normalized spacial score (nSPS) is 14.6. The molecule has 1 saturated heterocycles. The Kier molecular flexibility index (Phi) is 4.39. The lowest BCUT2D eigenvalue weighted by molar-refractivity contribution is 0.0299. The number of H-pyrrole nitrogens is 1. The van der Waals surface area contributed by atoms with Gasteiger partial charge >= 0.3 is 0 Å². The first-order valence-electron chi connectivity index (χ1n) is 8.46. The second kappa shape index (κ2) is 6.99. The summed E-state index contributed by atoms with van der Waals surface area (Å²) in [7, 11) is 0. The lowest BCUT2D eigenvalue weighted by atomic mass is 10.2. The van der Waals surface area contributed by atoms with Gasteiger partial charge in [-0.2, -0.15) is 0 Å². The fraction of sp³-hybridized carbons (Fsp3) is 0.250. The van der Waals surface area contributed by atoms with Crippen LogP contribution in [0, 0.1) is 0 Å². The number of hydrogen-bond acceptors (Lipinski definition) is 3. The summed E-state index contributed by atoms with van der Waals surface area (Å²) < 4.78 is 11.2. The number of benzene rings is 2. The zero-order valence-corrected chi connectivity index (χ0v) is 13.9. The first kappa shape index (κ1) is 15.7. The molecule has 0 saturated carbocycles. The van der Waals surface area contributed by atoms with E-state index in [-0.39, 0.29) is 5.91 Å². The number of fused-ring (bicyclic) bond motifs is 1. The maximum Gasteiger partial charge on any atom is 0.270 e. The third-order valence-electron chi connectivity index (χ3n) is 4.37. The number of ether oxygens (including phenoxy) is 2. The van der Waals surface area contributed by atoms with E-state index in [0.717, 1.165) is 22.2 Å². The van der Waals surface area contributed by atoms with Gasteiger partial charge in [0.15, 0.2) is 0 Å². The zero-order valence-electron chi connectivity index (χ0n) is 13.9. The number of aromatic amines is 1. The molecular weight excluding hydrogens is 316 g/mol. The number of aromatic nitrogens is 1. The Labute approximate surface area is 146 Å². The first-order valence-corrected chi connectivity index (χ1v) is 8.46. The highest BCUT2D eigenvalue weighted by molar-refractivity contribution is 5.98. The molecule has 2 aromatic carbocycles. The average molecular weight is 336 g/mol. The molecule has 0 spiro atoms. The van der Waals surface area contributed by atoms with Crippen LogP contribution in [-0.2, 0) is 11.3 Å². The van der Waals surface area contributed by atoms with E-state index in [9.17, 15) is 4.79 Å². The molecule has 1 aromatic heterocycles. The predicted octanol–water partition coefficient (Wildman–Crippen LogP) is 3.22. The highest BCUT2D eigenvalue weighted by Gasteiger charge is 2.20. The number of nitrogens with zero attached hydrogens (tertiary/aromatic N) is 1. The van der Waals surface area contributed by atoms with Crippen molar-refractivity contribution < 1.29 is 14.3 Å². The largest absolute Gasteiger partial charge is 0.489 e. The number of rotatable bonds is 4. The number of hydrogen-bond donors (Lipinski definition) is 1. The molecule has 128 valence electrons. The summed E-state index contributed by atoms with van der Waals surface area (Å²) in [6.07, 6.45) is 0. The van der Waals surface area contributed by atoms with Crippen molar-refractivity contribution >= 4 is 16.8 Å². The molecule has 25 heavy (non-hydrogen) atoms. The number of morpholine rings is 1. The summed E-state index contributed by atoms with van der Waals surface area (Å²) in [4.78, 5) is 17.6. The quantitative estimate of drug-likeness (QED) is 0.796. The highest BCUT2D eigenvalue weighted by Crippen LogP contribution is 2.23. The lowest BCUT2D eigenvalue weighted by Crippen LogP contribution is -2.40. The van der Waals surface area contributed by atoms with Gasteiger partial charge in [-0.1, -0.05) is 30.3 Å². The Balaban J connectivity index is 1.50. The molecular formula is C20H20N2O3. The van der Waals surface area contributed by atoms with Gasteiger partial charge < -0.3 is 19.4 Å². The van der Waals surface area contributed by atoms with Crippen LogP contribution in [0.25, 0.3) is 10.9 Å². The summed E-state index contributed by atoms with van der Waals surface area (Å²) >= 11 is 0. The van der Waals surface area contributed by atoms with Crippen molar-refractivity contribution in [3.63, 3.8) is 0 Å². The molecule has 0 atom stereocenters. The SMILES string of the molecule is O=C(c1cc2ccc(OCc3ccccc3)cc2[nH]1)N1CCOCC1. The average Bonchev–Trinajstić information content (AvgIpc) is 3.10. The first-order chi connectivity index (χ1) is 12.3. The molecule has 0 unspecified atom stereocenters. The van der Waals surface area contributed by atoms with Crippen LogP contribution in [0.15, 0.2) is 54.6 Å². The van der Waals surface area contributed by atoms with Gasteiger partial charge in [0.1, 0.15) is 18.1 Å². The maximum atomic E-state index is 12.6. The van der Waals surface area contributed by atoms with Crippen LogP contribution in [-0.4, -0.2) is 42.1 Å². The topological polar surface area (TPSA) is 54.6 Å². The van der Waals surface area contributed by atoms with Crippen LogP contribution >= 0.6 is 0 Å². The number of carbonyl (C=O) groups excluding carboxylic acids is 1. The van der Waals surface area contributed by atoms with Crippen LogP contribution in [0.1, 0.15) is 16.1 Å². The van der Waals surface area contributed by atoms with Crippen LogP contribution < -0.4 is 4.74 Å². The Hall–Kier alpha value is -2.79. The molecule has 0 aliphatic carbocycles. The van der Waals surface area contributed by atoms with Crippen LogP contribution in [0.3, 0.4) is 0 Å². The molecule has 5 heteroatoms. The summed E-state index contributed by atoms with van der Waals surface area (Å²) in [6, 6.07) is 17.8. The van der Waals surface area contributed by atoms with Gasteiger partial charge in [-0.25, -0.2) is 0 Å². The van der Waals surface area contributed by atoms with E-state index in [1.807, 2.05) is 59.5 Å². The van der Waals surface area contributed by atoms with Crippen LogP contribution in [0.4, 0.5) is 0 Å². The van der Waals surface area contributed by atoms with Gasteiger partial charge in [0.2, 0.25) is 0 Å². The molecule has 1 aliphatic heterocycles. The standard InChI is InChI=1S/C20H20N2O3/c23-20(22-8-10-24-11-9-22)19-12-16-6-7-17(13-18(16)21-19)25-14-15-4-2-1-3-5-15/h1-7,12-13,21H,8-11,14H2. The lowest BCUT2D eigenvalue weighted by Gasteiger charge is -2.26. The molecule has 4 rings (SSSR count). The van der Waals surface area contributed by atoms with Crippen molar-refractivity contribution in [1.82, 2.24) is 9.88 Å². The summed E-state index contributed by atoms with van der Waals surface area (Å²) in [5.74, 6) is 0.801. The molecule has 1 fully saturated rings. The number of carbonyl (C=O) groups is 1. The second-order valence-electron chi connectivity index (χ2n) is 6.11. The number of amides is 1.